The van der Waals surface area contributed by atoms with Gasteiger partial charge in [-0.1, -0.05) is 11.6 Å². The molecule has 3 N–H and O–H groups in total. The first kappa shape index (κ1) is 12.8. The Hall–Kier alpha value is -1.25. The van der Waals surface area contributed by atoms with Crippen molar-refractivity contribution in [3.05, 3.63) is 34.4 Å². The van der Waals surface area contributed by atoms with Gasteiger partial charge in [0.2, 0.25) is 0 Å². The number of carbonyl (C=O) groups is 1. The Balaban J connectivity index is 3.15. The Kier molecular flexibility index (Phi) is 3.46. The van der Waals surface area contributed by atoms with E-state index in [9.17, 15) is 22.0 Å². The van der Waals surface area contributed by atoms with Crippen LogP contribution in [0.5, 0.6) is 0 Å². The summed E-state index contributed by atoms with van der Waals surface area (Å²) in [5.41, 5.74) is -0.722. The van der Waals surface area contributed by atoms with E-state index >= 15 is 0 Å². The maximum Gasteiger partial charge on any atom is 0.298 e. The highest BCUT2D eigenvalue weighted by Crippen LogP contribution is 2.19. The highest BCUT2D eigenvalue weighted by Gasteiger charge is 2.18. The standard InChI is InChI=1S/C7H5ClF2N2O3S/c8-4-1-3(5(9)2-6(4)10)7(13)12-16(11,14)15/h1-2H,(H,12,13)(H2,11,14,15). The molecule has 0 aliphatic carbocycles. The zero-order valence-electron chi connectivity index (χ0n) is 7.50. The summed E-state index contributed by atoms with van der Waals surface area (Å²) in [5.74, 6) is -3.64. The molecule has 1 aromatic rings. The lowest BCUT2D eigenvalue weighted by molar-refractivity contribution is 0.0977. The van der Waals surface area contributed by atoms with Crippen LogP contribution < -0.4 is 9.86 Å². The van der Waals surface area contributed by atoms with Crippen molar-refractivity contribution in [2.24, 2.45) is 5.14 Å². The molecule has 0 saturated carbocycles. The predicted molar refractivity (Wildman–Crippen MR) is 51.9 cm³/mol. The molecule has 9 heteroatoms. The number of amides is 1. The molecule has 0 radical (unpaired) electrons. The van der Waals surface area contributed by atoms with Gasteiger partial charge in [0.15, 0.2) is 0 Å². The number of rotatable bonds is 2. The molecular weight excluding hydrogens is 266 g/mol. The number of nitrogens with one attached hydrogen (secondary N) is 1. The van der Waals surface area contributed by atoms with Crippen LogP contribution in [0.25, 0.3) is 0 Å². The van der Waals surface area contributed by atoms with Gasteiger partial charge in [-0.25, -0.2) is 18.6 Å². The molecule has 0 atom stereocenters. The maximum atomic E-state index is 13.1. The molecule has 0 aliphatic rings. The lowest BCUT2D eigenvalue weighted by Gasteiger charge is -2.04. The van der Waals surface area contributed by atoms with Gasteiger partial charge in [0, 0.05) is 6.07 Å². The van der Waals surface area contributed by atoms with Gasteiger partial charge in [0.05, 0.1) is 10.6 Å². The number of hydrogen-bond acceptors (Lipinski definition) is 3. The molecule has 16 heavy (non-hydrogen) atoms. The minimum atomic E-state index is -4.31. The van der Waals surface area contributed by atoms with Crippen molar-refractivity contribution in [2.75, 3.05) is 0 Å². The van der Waals surface area contributed by atoms with E-state index in [1.807, 2.05) is 0 Å². The van der Waals surface area contributed by atoms with Gasteiger partial charge in [-0.15, -0.1) is 0 Å². The summed E-state index contributed by atoms with van der Waals surface area (Å²) in [6, 6.07) is 1.02. The molecule has 0 saturated heterocycles. The van der Waals surface area contributed by atoms with Crippen LogP contribution in [0.2, 0.25) is 5.02 Å². The molecule has 0 aliphatic heterocycles. The summed E-state index contributed by atoms with van der Waals surface area (Å²) in [7, 11) is -4.31. The number of benzene rings is 1. The van der Waals surface area contributed by atoms with E-state index < -0.39 is 38.3 Å². The fourth-order valence-electron chi connectivity index (χ4n) is 0.881. The minimum absolute atomic E-state index is 0.361. The van der Waals surface area contributed by atoms with Gasteiger partial charge in [-0.05, 0) is 6.07 Å². The second-order valence-corrected chi connectivity index (χ2v) is 4.42. The number of halogens is 3. The summed E-state index contributed by atoms with van der Waals surface area (Å²) in [5, 5.41) is 3.99. The smallest absolute Gasteiger partial charge is 0.268 e. The van der Waals surface area contributed by atoms with Crippen LogP contribution in [0.3, 0.4) is 0 Å². The number of hydrogen-bond donors (Lipinski definition) is 2. The normalized spacial score (nSPS) is 11.2. The van der Waals surface area contributed by atoms with Crippen molar-refractivity contribution in [3.63, 3.8) is 0 Å². The van der Waals surface area contributed by atoms with E-state index in [4.69, 9.17) is 11.6 Å². The quantitative estimate of drug-likeness (QED) is 0.769. The average Bonchev–Trinajstić information content (AvgIpc) is 2.08. The van der Waals surface area contributed by atoms with Gasteiger partial charge in [-0.2, -0.15) is 8.42 Å². The molecule has 5 nitrogen and oxygen atoms in total. The van der Waals surface area contributed by atoms with E-state index in [0.29, 0.717) is 12.1 Å². The SMILES string of the molecule is NS(=O)(=O)NC(=O)c1cc(Cl)c(F)cc1F. The lowest BCUT2D eigenvalue weighted by Crippen LogP contribution is -2.36. The molecule has 1 amide bonds. The Bertz CT molecular complexity index is 547. The number of nitrogens with two attached hydrogens (primary N) is 1. The van der Waals surface area contributed by atoms with Gasteiger partial charge in [0.25, 0.3) is 16.1 Å². The number of carbonyl (C=O) groups excluding carboxylic acids is 1. The monoisotopic (exact) mass is 270 g/mol. The first-order valence-electron chi connectivity index (χ1n) is 3.70. The maximum absolute atomic E-state index is 13.1. The molecule has 0 unspecified atom stereocenters. The zero-order chi connectivity index (χ0) is 12.5. The predicted octanol–water partition coefficient (Wildman–Crippen LogP) is 0.552. The van der Waals surface area contributed by atoms with Crippen LogP contribution in [0.4, 0.5) is 8.78 Å². The zero-order valence-corrected chi connectivity index (χ0v) is 9.07. The van der Waals surface area contributed by atoms with Crippen molar-refractivity contribution in [1.29, 1.82) is 0 Å². The molecule has 1 aromatic carbocycles. The highest BCUT2D eigenvalue weighted by atomic mass is 35.5. The fourth-order valence-corrected chi connectivity index (χ4v) is 1.41. The van der Waals surface area contributed by atoms with E-state index in [1.54, 1.807) is 0 Å². The van der Waals surface area contributed by atoms with Crippen LogP contribution in [0.1, 0.15) is 10.4 Å². The topological polar surface area (TPSA) is 89.3 Å². The van der Waals surface area contributed by atoms with Crippen molar-refractivity contribution in [2.45, 2.75) is 0 Å². The second-order valence-electron chi connectivity index (χ2n) is 2.72. The fraction of sp³-hybridized carbons (Fsp3) is 0. The van der Waals surface area contributed by atoms with E-state index in [-0.39, 0.29) is 0 Å². The molecule has 0 fully saturated rings. The van der Waals surface area contributed by atoms with E-state index in [1.165, 1.54) is 4.72 Å². The van der Waals surface area contributed by atoms with Gasteiger partial charge < -0.3 is 0 Å². The van der Waals surface area contributed by atoms with E-state index in [2.05, 4.69) is 5.14 Å². The van der Waals surface area contributed by atoms with Crippen LogP contribution in [0, 0.1) is 11.6 Å². The first-order chi connectivity index (χ1) is 7.20. The lowest BCUT2D eigenvalue weighted by atomic mass is 10.2. The Morgan fingerprint density at radius 1 is 1.31 bits per heavy atom. The van der Waals surface area contributed by atoms with Gasteiger partial charge >= 0.3 is 0 Å². The molecule has 0 spiro atoms. The third-order valence-electron chi connectivity index (χ3n) is 1.49. The molecule has 0 bridgehead atoms. The van der Waals surface area contributed by atoms with Crippen molar-refractivity contribution in [3.8, 4) is 0 Å². The van der Waals surface area contributed by atoms with Crippen molar-refractivity contribution >= 4 is 27.7 Å². The Morgan fingerprint density at radius 3 is 2.38 bits per heavy atom. The molecular formula is C7H5ClF2N2O3S. The summed E-state index contributed by atoms with van der Waals surface area (Å²) in [6.45, 7) is 0. The summed E-state index contributed by atoms with van der Waals surface area (Å²) >= 11 is 5.30. The molecule has 1 rings (SSSR count). The van der Waals surface area contributed by atoms with Crippen LogP contribution in [-0.2, 0) is 10.2 Å². The summed E-state index contributed by atoms with van der Waals surface area (Å²) in [6.07, 6.45) is 0. The van der Waals surface area contributed by atoms with E-state index in [0.717, 1.165) is 0 Å². The van der Waals surface area contributed by atoms with Crippen LogP contribution in [0.15, 0.2) is 12.1 Å². The molecule has 0 aromatic heterocycles. The second kappa shape index (κ2) is 4.32. The van der Waals surface area contributed by atoms with Crippen LogP contribution in [-0.4, -0.2) is 14.3 Å². The Morgan fingerprint density at radius 2 is 1.88 bits per heavy atom. The Labute approximate surface area is 94.4 Å². The average molecular weight is 271 g/mol. The van der Waals surface area contributed by atoms with Crippen LogP contribution >= 0.6 is 11.6 Å². The minimum Gasteiger partial charge on any atom is -0.268 e. The first-order valence-corrected chi connectivity index (χ1v) is 5.62. The third kappa shape index (κ3) is 3.12. The van der Waals surface area contributed by atoms with Crippen molar-refractivity contribution in [1.82, 2.24) is 4.72 Å². The third-order valence-corrected chi connectivity index (χ3v) is 2.25. The summed E-state index contributed by atoms with van der Waals surface area (Å²) in [4.78, 5) is 11.2. The molecule has 0 heterocycles. The van der Waals surface area contributed by atoms with Gasteiger partial charge in [0.1, 0.15) is 11.6 Å². The summed E-state index contributed by atoms with van der Waals surface area (Å²) < 4.78 is 48.1. The largest absolute Gasteiger partial charge is 0.298 e. The molecule has 88 valence electrons. The van der Waals surface area contributed by atoms with Crippen molar-refractivity contribution < 1.29 is 22.0 Å². The van der Waals surface area contributed by atoms with Gasteiger partial charge in [-0.3, -0.25) is 4.79 Å². The highest BCUT2D eigenvalue weighted by molar-refractivity contribution is 7.87.